The van der Waals surface area contributed by atoms with Crippen molar-refractivity contribution in [1.29, 1.82) is 0 Å². The third-order valence-corrected chi connectivity index (χ3v) is 6.43. The Morgan fingerprint density at radius 2 is 1.84 bits per heavy atom. The number of halogens is 3. The highest BCUT2D eigenvalue weighted by atomic mass is 31.2. The number of carbonyl (C=O) groups excluding carboxylic acids is 1. The minimum Gasteiger partial charge on any atom is -0.342 e. The minimum atomic E-state index is -4.38. The van der Waals surface area contributed by atoms with E-state index < -0.39 is 31.4 Å². The Kier molecular flexibility index (Phi) is 7.36. The third-order valence-electron chi connectivity index (χ3n) is 5.59. The van der Waals surface area contributed by atoms with Gasteiger partial charge in [-0.25, -0.2) is 0 Å². The number of hydrogen-bond donors (Lipinski definition) is 2. The van der Waals surface area contributed by atoms with E-state index in [-0.39, 0.29) is 24.1 Å². The van der Waals surface area contributed by atoms with Crippen molar-refractivity contribution < 1.29 is 32.3 Å². The van der Waals surface area contributed by atoms with Crippen molar-refractivity contribution in [2.75, 3.05) is 19.3 Å². The summed E-state index contributed by atoms with van der Waals surface area (Å²) in [7, 11) is -4.32. The molecule has 1 aromatic carbocycles. The number of alkyl halides is 3. The van der Waals surface area contributed by atoms with E-state index in [0.717, 1.165) is 17.7 Å². The number of likely N-dealkylation sites (tertiary alicyclic amines) is 1. The summed E-state index contributed by atoms with van der Waals surface area (Å²) in [5.74, 6) is -1.12. The summed E-state index contributed by atoms with van der Waals surface area (Å²) in [6.45, 7) is 2.98. The summed E-state index contributed by atoms with van der Waals surface area (Å²) in [6, 6.07) is 5.07. The molecule has 1 aliphatic rings. The molecule has 1 saturated heterocycles. The minimum absolute atomic E-state index is 0.0222. The van der Waals surface area contributed by atoms with Gasteiger partial charge in [-0.05, 0) is 55.0 Å². The van der Waals surface area contributed by atoms with Gasteiger partial charge in [-0.1, -0.05) is 12.1 Å². The van der Waals surface area contributed by atoms with Crippen molar-refractivity contribution in [3.8, 4) is 0 Å². The van der Waals surface area contributed by atoms with Crippen molar-refractivity contribution in [1.82, 2.24) is 25.1 Å². The van der Waals surface area contributed by atoms with Crippen LogP contribution in [0.3, 0.4) is 0 Å². The van der Waals surface area contributed by atoms with Crippen LogP contribution in [0.15, 0.2) is 24.3 Å². The highest BCUT2D eigenvalue weighted by Crippen LogP contribution is 2.38. The first-order valence-electron chi connectivity index (χ1n) is 10.3. The van der Waals surface area contributed by atoms with E-state index in [1.165, 1.54) is 16.9 Å². The second kappa shape index (κ2) is 9.68. The highest BCUT2D eigenvalue weighted by Gasteiger charge is 2.34. The van der Waals surface area contributed by atoms with Crippen molar-refractivity contribution in [2.24, 2.45) is 0 Å². The van der Waals surface area contributed by atoms with Gasteiger partial charge < -0.3 is 14.7 Å². The van der Waals surface area contributed by atoms with E-state index in [1.807, 2.05) is 0 Å². The average Bonchev–Trinajstić information content (AvgIpc) is 3.21. The summed E-state index contributed by atoms with van der Waals surface area (Å²) in [5.41, 5.74) is 0.0880. The Balaban J connectivity index is 1.67. The number of aryl methyl sites for hydroxylation is 1. The molecule has 9 nitrogen and oxygen atoms in total. The van der Waals surface area contributed by atoms with Crippen LogP contribution in [0.2, 0.25) is 0 Å². The van der Waals surface area contributed by atoms with Gasteiger partial charge in [-0.2, -0.15) is 18.0 Å². The zero-order chi connectivity index (χ0) is 23.5. The predicted molar refractivity (Wildman–Crippen MR) is 108 cm³/mol. The number of nitrogens with zero attached hydrogens (tertiary/aromatic N) is 5. The average molecular weight is 475 g/mol. The molecule has 0 aliphatic carbocycles. The molecule has 2 aromatic rings. The molecule has 0 radical (unpaired) electrons. The van der Waals surface area contributed by atoms with Crippen LogP contribution in [0.5, 0.6) is 0 Å². The number of aromatic nitrogens is 4. The molecular formula is C19H25F3N5O4P. The second-order valence-electron chi connectivity index (χ2n) is 7.79. The molecule has 2 N–H and O–H groups in total. The molecular weight excluding hydrogens is 450 g/mol. The lowest BCUT2D eigenvalue weighted by Gasteiger charge is -2.34. The number of rotatable bonds is 7. The van der Waals surface area contributed by atoms with Gasteiger partial charge in [0, 0.05) is 13.1 Å². The van der Waals surface area contributed by atoms with E-state index in [9.17, 15) is 32.3 Å². The standard InChI is InChI=1S/C19H25F3N5O4P/c1-2-27-24-17(23-25-27)16(9-12-32(29,30)31)18(28)26-10-7-14(8-11-26)13-3-5-15(6-4-13)19(20,21)22/h3-6,14,16H,2,7-12H2,1H3,(H2,29,30,31). The summed E-state index contributed by atoms with van der Waals surface area (Å²) in [6.07, 6.45) is -3.84. The largest absolute Gasteiger partial charge is 0.416 e. The number of tetrazole rings is 1. The Labute approximate surface area is 182 Å². The molecule has 0 bridgehead atoms. The van der Waals surface area contributed by atoms with Crippen LogP contribution in [0.1, 0.15) is 55.0 Å². The molecule has 1 amide bonds. The molecule has 13 heteroatoms. The second-order valence-corrected chi connectivity index (χ2v) is 9.56. The van der Waals surface area contributed by atoms with Crippen LogP contribution in [-0.4, -0.2) is 60.1 Å². The SMILES string of the molecule is CCn1nnc(C(CCP(=O)(O)O)C(=O)N2CCC(c3ccc(C(F)(F)F)cc3)CC2)n1. The summed E-state index contributed by atoms with van der Waals surface area (Å²) < 4.78 is 49.7. The zero-order valence-corrected chi connectivity index (χ0v) is 18.3. The molecule has 1 aromatic heterocycles. The van der Waals surface area contributed by atoms with E-state index in [4.69, 9.17) is 0 Å². The molecule has 32 heavy (non-hydrogen) atoms. The predicted octanol–water partition coefficient (Wildman–Crippen LogP) is 2.77. The van der Waals surface area contributed by atoms with E-state index >= 15 is 0 Å². The van der Waals surface area contributed by atoms with Gasteiger partial charge in [0.2, 0.25) is 5.91 Å². The molecule has 0 saturated carbocycles. The van der Waals surface area contributed by atoms with Crippen LogP contribution in [0.25, 0.3) is 0 Å². The fourth-order valence-electron chi connectivity index (χ4n) is 3.79. The first-order chi connectivity index (χ1) is 15.0. The molecule has 2 heterocycles. The van der Waals surface area contributed by atoms with Crippen molar-refractivity contribution in [2.45, 2.75) is 50.7 Å². The van der Waals surface area contributed by atoms with Gasteiger partial charge in [0.1, 0.15) is 5.92 Å². The number of hydrogen-bond acceptors (Lipinski definition) is 5. The summed E-state index contributed by atoms with van der Waals surface area (Å²) >= 11 is 0. The van der Waals surface area contributed by atoms with E-state index in [1.54, 1.807) is 11.8 Å². The number of amides is 1. The topological polar surface area (TPSA) is 121 Å². The quantitative estimate of drug-likeness (QED) is 0.591. The van der Waals surface area contributed by atoms with E-state index in [2.05, 4.69) is 15.4 Å². The van der Waals surface area contributed by atoms with Crippen molar-refractivity contribution in [3.05, 3.63) is 41.2 Å². The molecule has 1 aliphatic heterocycles. The Hall–Kier alpha value is -2.30. The van der Waals surface area contributed by atoms with Gasteiger partial charge in [0.05, 0.1) is 18.3 Å². The molecule has 3 rings (SSSR count). The fourth-order valence-corrected chi connectivity index (χ4v) is 4.38. The maximum atomic E-state index is 13.1. The van der Waals surface area contributed by atoms with Crippen LogP contribution in [-0.2, 0) is 22.1 Å². The zero-order valence-electron chi connectivity index (χ0n) is 17.4. The highest BCUT2D eigenvalue weighted by molar-refractivity contribution is 7.51. The molecule has 176 valence electrons. The monoisotopic (exact) mass is 475 g/mol. The van der Waals surface area contributed by atoms with Crippen LogP contribution in [0.4, 0.5) is 13.2 Å². The Morgan fingerprint density at radius 3 is 2.34 bits per heavy atom. The number of piperidine rings is 1. The first-order valence-corrected chi connectivity index (χ1v) is 12.1. The van der Waals surface area contributed by atoms with Gasteiger partial charge in [0.15, 0.2) is 5.82 Å². The Bertz CT molecular complexity index is 968. The van der Waals surface area contributed by atoms with Gasteiger partial charge in [-0.15, -0.1) is 10.2 Å². The lowest BCUT2D eigenvalue weighted by atomic mass is 9.88. The Morgan fingerprint density at radius 1 is 1.22 bits per heavy atom. The van der Waals surface area contributed by atoms with Crippen molar-refractivity contribution in [3.63, 3.8) is 0 Å². The lowest BCUT2D eigenvalue weighted by molar-refractivity contribution is -0.137. The normalized spacial score (nSPS) is 16.9. The smallest absolute Gasteiger partial charge is 0.342 e. The first kappa shape index (κ1) is 24.3. The van der Waals surface area contributed by atoms with Crippen molar-refractivity contribution >= 4 is 13.5 Å². The van der Waals surface area contributed by atoms with Crippen LogP contribution >= 0.6 is 7.60 Å². The lowest BCUT2D eigenvalue weighted by Crippen LogP contribution is -2.41. The maximum absolute atomic E-state index is 13.1. The summed E-state index contributed by atoms with van der Waals surface area (Å²) in [4.78, 5) is 34.5. The third kappa shape index (κ3) is 6.14. The fraction of sp³-hybridized carbons (Fsp3) is 0.579. The molecule has 0 spiro atoms. The van der Waals surface area contributed by atoms with Gasteiger partial charge in [-0.3, -0.25) is 9.36 Å². The molecule has 1 fully saturated rings. The maximum Gasteiger partial charge on any atom is 0.416 e. The summed E-state index contributed by atoms with van der Waals surface area (Å²) in [5, 5.41) is 11.9. The van der Waals surface area contributed by atoms with Gasteiger partial charge >= 0.3 is 13.8 Å². The van der Waals surface area contributed by atoms with Crippen LogP contribution in [0, 0.1) is 0 Å². The number of carbonyl (C=O) groups is 1. The molecule has 1 atom stereocenters. The van der Waals surface area contributed by atoms with Gasteiger partial charge in [0.25, 0.3) is 0 Å². The molecule has 1 unspecified atom stereocenters. The van der Waals surface area contributed by atoms with Crippen LogP contribution < -0.4 is 0 Å². The van der Waals surface area contributed by atoms with E-state index in [0.29, 0.717) is 32.5 Å². The number of benzene rings is 1.